The van der Waals surface area contributed by atoms with Crippen LogP contribution in [0.4, 0.5) is 0 Å². The van der Waals surface area contributed by atoms with Gasteiger partial charge in [-0.15, -0.1) is 11.8 Å². The number of epoxide rings is 1. The van der Waals surface area contributed by atoms with E-state index in [2.05, 4.69) is 27.1 Å². The Hall–Kier alpha value is -2.22. The van der Waals surface area contributed by atoms with Gasteiger partial charge in [0.25, 0.3) is 0 Å². The molecule has 2 aliphatic rings. The summed E-state index contributed by atoms with van der Waals surface area (Å²) in [5.41, 5.74) is 0.673. The fourth-order valence-electron chi connectivity index (χ4n) is 2.91. The highest BCUT2D eigenvalue weighted by molar-refractivity contribution is 8.14. The first-order chi connectivity index (χ1) is 12.8. The van der Waals surface area contributed by atoms with Crippen LogP contribution in [-0.2, 0) is 10.5 Å². The van der Waals surface area contributed by atoms with Gasteiger partial charge in [-0.1, -0.05) is 24.3 Å². The minimum Gasteiger partial charge on any atom is -0.386 e. The molecule has 0 aliphatic carbocycles. The van der Waals surface area contributed by atoms with Gasteiger partial charge in [0.1, 0.15) is 6.10 Å². The lowest BCUT2D eigenvalue weighted by Gasteiger charge is -2.17. The van der Waals surface area contributed by atoms with Crippen LogP contribution in [0.5, 0.6) is 0 Å². The second kappa shape index (κ2) is 7.57. The van der Waals surface area contributed by atoms with Crippen LogP contribution >= 0.6 is 11.8 Å². The number of hydrogen-bond donors (Lipinski definition) is 1. The van der Waals surface area contributed by atoms with Gasteiger partial charge in [-0.05, 0) is 12.1 Å². The summed E-state index contributed by atoms with van der Waals surface area (Å²) in [6.07, 6.45) is 7.15. The van der Waals surface area contributed by atoms with Crippen LogP contribution in [0.15, 0.2) is 66.3 Å². The summed E-state index contributed by atoms with van der Waals surface area (Å²) in [4.78, 5) is 12.5. The molecule has 134 valence electrons. The maximum Gasteiger partial charge on any atom is 0.172 e. The predicted molar refractivity (Wildman–Crippen MR) is 103 cm³/mol. The molecule has 1 fully saturated rings. The van der Waals surface area contributed by atoms with Crippen molar-refractivity contribution in [1.82, 2.24) is 14.5 Å². The van der Waals surface area contributed by atoms with E-state index >= 15 is 0 Å². The third kappa shape index (κ3) is 3.80. The van der Waals surface area contributed by atoms with E-state index in [1.54, 1.807) is 24.3 Å². The van der Waals surface area contributed by atoms with Crippen molar-refractivity contribution in [2.75, 3.05) is 18.9 Å². The standard InChI is InChI=1S/C10H13N3O2S.C9H7N/c14-8(9-12-2-4-16-9)5-10(6-15-10)13-3-1-11-7-13;1-2-6-9-8(4-1)5-3-7-10-9/h1,3,7-8,14H,2,4-6H2;1-7H. The number of rotatable bonds is 4. The van der Waals surface area contributed by atoms with E-state index < -0.39 is 6.10 Å². The Kier molecular flexibility index (Phi) is 5.01. The number of para-hydroxylation sites is 1. The minimum atomic E-state index is -0.516. The first kappa shape index (κ1) is 17.2. The fraction of sp³-hybridized carbons (Fsp3) is 0.316. The summed E-state index contributed by atoms with van der Waals surface area (Å²) in [6, 6.07) is 12.1. The van der Waals surface area contributed by atoms with Crippen molar-refractivity contribution < 1.29 is 9.84 Å². The Morgan fingerprint density at radius 3 is 2.77 bits per heavy atom. The highest BCUT2D eigenvalue weighted by Crippen LogP contribution is 2.38. The van der Waals surface area contributed by atoms with Gasteiger partial charge in [0.15, 0.2) is 5.72 Å². The van der Waals surface area contributed by atoms with Gasteiger partial charge in [0.2, 0.25) is 0 Å². The molecular weight excluding hydrogens is 348 g/mol. The Labute approximate surface area is 156 Å². The Morgan fingerprint density at radius 1 is 1.23 bits per heavy atom. The number of fused-ring (bicyclic) bond motifs is 1. The molecule has 1 aromatic carbocycles. The quantitative estimate of drug-likeness (QED) is 0.717. The van der Waals surface area contributed by atoms with Crippen LogP contribution in [-0.4, -0.2) is 49.7 Å². The molecule has 1 N–H and O–H groups in total. The summed E-state index contributed by atoms with van der Waals surface area (Å²) in [6.45, 7) is 1.45. The Morgan fingerprint density at radius 2 is 2.08 bits per heavy atom. The second-order valence-electron chi connectivity index (χ2n) is 6.19. The highest BCUT2D eigenvalue weighted by Gasteiger charge is 2.48. The molecule has 3 aromatic rings. The number of hydrogen-bond acceptors (Lipinski definition) is 6. The number of imidazole rings is 1. The number of aliphatic hydroxyl groups excluding tert-OH is 1. The van der Waals surface area contributed by atoms with Crippen molar-refractivity contribution in [3.63, 3.8) is 0 Å². The highest BCUT2D eigenvalue weighted by atomic mass is 32.2. The second-order valence-corrected chi connectivity index (χ2v) is 7.30. The van der Waals surface area contributed by atoms with Gasteiger partial charge < -0.3 is 14.4 Å². The number of aliphatic imine (C=N–C) groups is 1. The van der Waals surface area contributed by atoms with Crippen molar-refractivity contribution in [3.05, 3.63) is 61.3 Å². The molecule has 0 spiro atoms. The zero-order valence-electron chi connectivity index (χ0n) is 14.2. The number of nitrogens with zero attached hydrogens (tertiary/aromatic N) is 4. The van der Waals surface area contributed by atoms with Gasteiger partial charge in [-0.25, -0.2) is 4.98 Å². The largest absolute Gasteiger partial charge is 0.386 e. The van der Waals surface area contributed by atoms with Crippen molar-refractivity contribution in [1.29, 1.82) is 0 Å². The maximum atomic E-state index is 10.1. The summed E-state index contributed by atoms with van der Waals surface area (Å²) in [7, 11) is 0. The average molecular weight is 368 g/mol. The normalized spacial score (nSPS) is 22.4. The lowest BCUT2D eigenvalue weighted by atomic mass is 10.1. The number of thioether (sulfide) groups is 1. The Bertz CT molecular complexity index is 828. The zero-order valence-corrected chi connectivity index (χ0v) is 15.0. The van der Waals surface area contributed by atoms with Gasteiger partial charge in [-0.2, -0.15) is 0 Å². The molecule has 2 unspecified atom stereocenters. The van der Waals surface area contributed by atoms with Crippen LogP contribution in [0.2, 0.25) is 0 Å². The van der Waals surface area contributed by atoms with Crippen LogP contribution in [0.3, 0.4) is 0 Å². The molecule has 6 nitrogen and oxygen atoms in total. The maximum absolute atomic E-state index is 10.1. The number of benzene rings is 1. The third-order valence-corrected chi connectivity index (χ3v) is 5.45. The van der Waals surface area contributed by atoms with Crippen molar-refractivity contribution in [2.24, 2.45) is 4.99 Å². The number of pyridine rings is 1. The average Bonchev–Trinajstić information content (AvgIpc) is 3.14. The first-order valence-corrected chi connectivity index (χ1v) is 9.53. The van der Waals surface area contributed by atoms with E-state index in [1.165, 1.54) is 5.39 Å². The molecule has 26 heavy (non-hydrogen) atoms. The fourth-order valence-corrected chi connectivity index (χ4v) is 3.76. The van der Waals surface area contributed by atoms with E-state index in [4.69, 9.17) is 4.74 Å². The summed E-state index contributed by atoms with van der Waals surface area (Å²) in [5, 5.41) is 12.1. The van der Waals surface area contributed by atoms with E-state index in [0.717, 1.165) is 22.9 Å². The molecule has 5 rings (SSSR count). The van der Waals surface area contributed by atoms with E-state index in [0.29, 0.717) is 13.0 Å². The van der Waals surface area contributed by atoms with Crippen LogP contribution in [0, 0.1) is 0 Å². The smallest absolute Gasteiger partial charge is 0.172 e. The topological polar surface area (TPSA) is 75.8 Å². The molecule has 2 aliphatic heterocycles. The number of aromatic nitrogens is 3. The van der Waals surface area contributed by atoms with Crippen LogP contribution in [0.25, 0.3) is 10.9 Å². The van der Waals surface area contributed by atoms with Crippen molar-refractivity contribution in [3.8, 4) is 0 Å². The van der Waals surface area contributed by atoms with Crippen molar-refractivity contribution >= 4 is 27.7 Å². The zero-order chi connectivity index (χ0) is 17.8. The molecule has 7 heteroatoms. The predicted octanol–water partition coefficient (Wildman–Crippen LogP) is 2.70. The summed E-state index contributed by atoms with van der Waals surface area (Å²) in [5.74, 6) is 0.978. The molecule has 2 aromatic heterocycles. The first-order valence-electron chi connectivity index (χ1n) is 8.54. The molecule has 0 bridgehead atoms. The molecule has 0 radical (unpaired) electrons. The lowest BCUT2D eigenvalue weighted by molar-refractivity contribution is 0.135. The molecular formula is C19H20N4O2S. The van der Waals surface area contributed by atoms with Gasteiger partial charge in [-0.3, -0.25) is 9.98 Å². The van der Waals surface area contributed by atoms with Gasteiger partial charge >= 0.3 is 0 Å². The third-order valence-electron chi connectivity index (χ3n) is 4.37. The minimum absolute atomic E-state index is 0.387. The van der Waals surface area contributed by atoms with E-state index in [-0.39, 0.29) is 5.72 Å². The van der Waals surface area contributed by atoms with Crippen LogP contribution < -0.4 is 0 Å². The number of aliphatic hydroxyl groups is 1. The molecule has 0 amide bonds. The van der Waals surface area contributed by atoms with E-state index in [9.17, 15) is 5.11 Å². The van der Waals surface area contributed by atoms with Crippen LogP contribution in [0.1, 0.15) is 6.42 Å². The van der Waals surface area contributed by atoms with Crippen molar-refractivity contribution in [2.45, 2.75) is 18.2 Å². The molecule has 0 saturated carbocycles. The monoisotopic (exact) mass is 368 g/mol. The molecule has 4 heterocycles. The lowest BCUT2D eigenvalue weighted by Crippen LogP contribution is -2.28. The van der Waals surface area contributed by atoms with Gasteiger partial charge in [0, 0.05) is 42.7 Å². The SMILES string of the molecule is OC(CC1(n2ccnc2)CO1)C1=NCCS1.c1ccc2ncccc2c1. The molecule has 1 saturated heterocycles. The number of ether oxygens (including phenoxy) is 1. The Balaban J connectivity index is 0.000000144. The molecule has 2 atom stereocenters. The summed E-state index contributed by atoms with van der Waals surface area (Å²) < 4.78 is 7.38. The van der Waals surface area contributed by atoms with Gasteiger partial charge in [0.05, 0.1) is 23.5 Å². The summed E-state index contributed by atoms with van der Waals surface area (Å²) >= 11 is 1.64. The van der Waals surface area contributed by atoms with E-state index in [1.807, 2.05) is 41.2 Å².